The molecule has 0 unspecified atom stereocenters. The Hall–Kier alpha value is -2.00. The van der Waals surface area contributed by atoms with Gasteiger partial charge in [0, 0.05) is 11.6 Å². The third-order valence-electron chi connectivity index (χ3n) is 3.98. The summed E-state index contributed by atoms with van der Waals surface area (Å²) >= 11 is 0. The molecule has 1 heterocycles. The monoisotopic (exact) mass is 324 g/mol. The molecule has 124 valence electrons. The van der Waals surface area contributed by atoms with Crippen LogP contribution in [0, 0.1) is 24.1 Å². The lowest BCUT2D eigenvalue weighted by Crippen LogP contribution is -2.44. The summed E-state index contributed by atoms with van der Waals surface area (Å²) < 4.78 is 38.7. The van der Waals surface area contributed by atoms with E-state index >= 15 is 0 Å². The van der Waals surface area contributed by atoms with Crippen LogP contribution in [0.4, 0.5) is 18.9 Å². The van der Waals surface area contributed by atoms with Crippen LogP contribution in [0.3, 0.4) is 0 Å². The maximum absolute atomic E-state index is 13.0. The predicted molar refractivity (Wildman–Crippen MR) is 82.8 cm³/mol. The zero-order valence-electron chi connectivity index (χ0n) is 12.7. The molecule has 1 aromatic carbocycles. The number of carbonyl (C=O) groups is 1. The highest BCUT2D eigenvalue weighted by molar-refractivity contribution is 5.95. The van der Waals surface area contributed by atoms with E-state index in [4.69, 9.17) is 6.42 Å². The first-order valence-electron chi connectivity index (χ1n) is 7.52. The van der Waals surface area contributed by atoms with Gasteiger partial charge in [-0.15, -0.1) is 6.42 Å². The van der Waals surface area contributed by atoms with Crippen molar-refractivity contribution in [1.29, 1.82) is 0 Å². The molecule has 1 amide bonds. The second kappa shape index (κ2) is 8.02. The highest BCUT2D eigenvalue weighted by Crippen LogP contribution is 2.24. The number of anilines is 1. The van der Waals surface area contributed by atoms with Crippen molar-refractivity contribution < 1.29 is 18.0 Å². The molecular formula is C17H19F3N2O. The van der Waals surface area contributed by atoms with Gasteiger partial charge in [-0.2, -0.15) is 0 Å². The van der Waals surface area contributed by atoms with Gasteiger partial charge < -0.3 is 4.90 Å². The number of likely N-dealkylation sites (tertiary alicyclic amines) is 1. The van der Waals surface area contributed by atoms with Gasteiger partial charge in [0.25, 0.3) is 6.43 Å². The van der Waals surface area contributed by atoms with Crippen LogP contribution in [-0.2, 0) is 4.79 Å². The van der Waals surface area contributed by atoms with E-state index in [0.717, 1.165) is 17.0 Å². The molecule has 0 N–H and O–H groups in total. The summed E-state index contributed by atoms with van der Waals surface area (Å²) in [5.74, 6) is 1.44. The second-order valence-corrected chi connectivity index (χ2v) is 5.57. The summed E-state index contributed by atoms with van der Waals surface area (Å²) in [6, 6.07) is 5.03. The Kier molecular flexibility index (Phi) is 6.05. The molecule has 1 saturated heterocycles. The number of hydrogen-bond acceptors (Lipinski definition) is 2. The van der Waals surface area contributed by atoms with Gasteiger partial charge in [-0.3, -0.25) is 9.69 Å². The number of halogens is 3. The van der Waals surface area contributed by atoms with Crippen LogP contribution >= 0.6 is 0 Å². The number of amides is 1. The number of terminal acetylenes is 1. The van der Waals surface area contributed by atoms with E-state index in [0.29, 0.717) is 38.2 Å². The Bertz CT molecular complexity index is 560. The molecular weight excluding hydrogens is 305 g/mol. The van der Waals surface area contributed by atoms with E-state index in [-0.39, 0.29) is 11.8 Å². The van der Waals surface area contributed by atoms with Crippen LogP contribution in [0.25, 0.3) is 0 Å². The van der Waals surface area contributed by atoms with Crippen molar-refractivity contribution in [2.75, 3.05) is 31.1 Å². The van der Waals surface area contributed by atoms with E-state index in [2.05, 4.69) is 10.8 Å². The highest BCUT2D eigenvalue weighted by Gasteiger charge is 2.30. The van der Waals surface area contributed by atoms with E-state index in [1.807, 2.05) is 0 Å². The molecule has 1 aliphatic rings. The molecule has 3 nitrogen and oxygen atoms in total. The highest BCUT2D eigenvalue weighted by atomic mass is 19.3. The van der Waals surface area contributed by atoms with Crippen LogP contribution in [0.1, 0.15) is 12.8 Å². The molecule has 0 aromatic heterocycles. The molecule has 6 heteroatoms. The van der Waals surface area contributed by atoms with Crippen LogP contribution in [0.15, 0.2) is 24.3 Å². The van der Waals surface area contributed by atoms with Gasteiger partial charge >= 0.3 is 0 Å². The van der Waals surface area contributed by atoms with Crippen molar-refractivity contribution in [2.24, 2.45) is 5.92 Å². The number of piperidine rings is 1. The zero-order chi connectivity index (χ0) is 16.8. The van der Waals surface area contributed by atoms with Gasteiger partial charge in [0.1, 0.15) is 5.82 Å². The fourth-order valence-corrected chi connectivity index (χ4v) is 2.77. The van der Waals surface area contributed by atoms with Crippen molar-refractivity contribution in [1.82, 2.24) is 4.90 Å². The maximum Gasteiger partial charge on any atom is 0.256 e. The molecule has 0 spiro atoms. The first-order chi connectivity index (χ1) is 11.0. The molecule has 2 rings (SSSR count). The Balaban J connectivity index is 2.08. The predicted octanol–water partition coefficient (Wildman–Crippen LogP) is 2.77. The number of alkyl halides is 2. The number of nitrogens with zero attached hydrogens (tertiary/aromatic N) is 2. The third kappa shape index (κ3) is 4.73. The van der Waals surface area contributed by atoms with E-state index in [9.17, 15) is 18.0 Å². The summed E-state index contributed by atoms with van der Waals surface area (Å²) in [5.41, 5.74) is 0.294. The van der Waals surface area contributed by atoms with E-state index in [1.165, 1.54) is 12.1 Å². The van der Waals surface area contributed by atoms with Gasteiger partial charge in [-0.1, -0.05) is 5.92 Å². The number of rotatable bonds is 5. The first kappa shape index (κ1) is 17.4. The SMILES string of the molecule is C#CCN1CCC(C(=O)N(CC(F)F)c2ccc(F)cc2)CC1. The Morgan fingerprint density at radius 1 is 1.30 bits per heavy atom. The molecule has 1 fully saturated rings. The summed E-state index contributed by atoms with van der Waals surface area (Å²) in [6.07, 6.45) is 3.79. The third-order valence-corrected chi connectivity index (χ3v) is 3.98. The molecule has 1 aromatic rings. The van der Waals surface area contributed by atoms with Crippen molar-refractivity contribution in [2.45, 2.75) is 19.3 Å². The van der Waals surface area contributed by atoms with Crippen molar-refractivity contribution in [3.63, 3.8) is 0 Å². The largest absolute Gasteiger partial charge is 0.306 e. The summed E-state index contributed by atoms with van der Waals surface area (Å²) in [6.45, 7) is 1.19. The van der Waals surface area contributed by atoms with Gasteiger partial charge in [-0.25, -0.2) is 13.2 Å². The number of carbonyl (C=O) groups excluding carboxylic acids is 1. The summed E-state index contributed by atoms with van der Waals surface area (Å²) in [5, 5.41) is 0. The van der Waals surface area contributed by atoms with Gasteiger partial charge in [0.05, 0.1) is 13.1 Å². The lowest BCUT2D eigenvalue weighted by atomic mass is 9.95. The van der Waals surface area contributed by atoms with Crippen LogP contribution in [-0.4, -0.2) is 43.4 Å². The molecule has 23 heavy (non-hydrogen) atoms. The molecule has 0 saturated carbocycles. The van der Waals surface area contributed by atoms with Crippen molar-refractivity contribution in [3.8, 4) is 12.3 Å². The van der Waals surface area contributed by atoms with E-state index in [1.54, 1.807) is 0 Å². The second-order valence-electron chi connectivity index (χ2n) is 5.57. The smallest absolute Gasteiger partial charge is 0.256 e. The number of hydrogen-bond donors (Lipinski definition) is 0. The first-order valence-corrected chi connectivity index (χ1v) is 7.52. The Morgan fingerprint density at radius 2 is 1.91 bits per heavy atom. The minimum absolute atomic E-state index is 0.294. The van der Waals surface area contributed by atoms with Crippen molar-refractivity contribution in [3.05, 3.63) is 30.1 Å². The normalized spacial score (nSPS) is 16.3. The molecule has 1 aliphatic heterocycles. The maximum atomic E-state index is 13.0. The standard InChI is InChI=1S/C17H19F3N2O/c1-2-9-21-10-7-13(8-11-21)17(23)22(12-16(19)20)15-5-3-14(18)4-6-15/h1,3-6,13,16H,7-12H2. The van der Waals surface area contributed by atoms with Crippen LogP contribution < -0.4 is 4.90 Å². The van der Waals surface area contributed by atoms with Gasteiger partial charge in [0.15, 0.2) is 0 Å². The fourth-order valence-electron chi connectivity index (χ4n) is 2.77. The van der Waals surface area contributed by atoms with Crippen molar-refractivity contribution >= 4 is 11.6 Å². The fraction of sp³-hybridized carbons (Fsp3) is 0.471. The minimum atomic E-state index is -2.65. The average Bonchev–Trinajstić information content (AvgIpc) is 2.54. The van der Waals surface area contributed by atoms with E-state index < -0.39 is 18.8 Å². The lowest BCUT2D eigenvalue weighted by Gasteiger charge is -2.33. The average molecular weight is 324 g/mol. The number of benzene rings is 1. The molecule has 0 bridgehead atoms. The summed E-state index contributed by atoms with van der Waals surface area (Å²) in [4.78, 5) is 15.7. The van der Waals surface area contributed by atoms with Crippen LogP contribution in [0.5, 0.6) is 0 Å². The van der Waals surface area contributed by atoms with Gasteiger partial charge in [-0.05, 0) is 50.2 Å². The Morgan fingerprint density at radius 3 is 2.43 bits per heavy atom. The van der Waals surface area contributed by atoms with Crippen LogP contribution in [0.2, 0.25) is 0 Å². The quantitative estimate of drug-likeness (QED) is 0.778. The molecule has 0 radical (unpaired) electrons. The minimum Gasteiger partial charge on any atom is -0.306 e. The lowest BCUT2D eigenvalue weighted by molar-refractivity contribution is -0.124. The molecule has 0 atom stereocenters. The topological polar surface area (TPSA) is 23.6 Å². The van der Waals surface area contributed by atoms with Gasteiger partial charge in [0.2, 0.25) is 5.91 Å². The summed E-state index contributed by atoms with van der Waals surface area (Å²) in [7, 11) is 0. The zero-order valence-corrected chi connectivity index (χ0v) is 12.7. The molecule has 0 aliphatic carbocycles. The Labute approximate surface area is 134 Å².